The normalized spacial score (nSPS) is 27.9. The van der Waals surface area contributed by atoms with Gasteiger partial charge in [-0.2, -0.15) is 0 Å². The molecule has 0 bridgehead atoms. The third-order valence-corrected chi connectivity index (χ3v) is 3.64. The summed E-state index contributed by atoms with van der Waals surface area (Å²) in [6, 6.07) is 0.683. The lowest BCUT2D eigenvalue weighted by molar-refractivity contribution is 0.0373. The summed E-state index contributed by atoms with van der Waals surface area (Å²) >= 11 is 0. The molecule has 0 aromatic rings. The average Bonchev–Trinajstić information content (AvgIpc) is 2.65. The van der Waals surface area contributed by atoms with Gasteiger partial charge < -0.3 is 14.8 Å². The van der Waals surface area contributed by atoms with E-state index in [2.05, 4.69) is 10.2 Å². The SMILES string of the molecule is C1COCCC(NCCCN2CCOCC2)C1. The summed E-state index contributed by atoms with van der Waals surface area (Å²) in [4.78, 5) is 2.50. The van der Waals surface area contributed by atoms with Crippen molar-refractivity contribution in [3.8, 4) is 0 Å². The highest BCUT2D eigenvalue weighted by Gasteiger charge is 2.12. The zero-order valence-electron chi connectivity index (χ0n) is 10.8. The first-order valence-corrected chi connectivity index (χ1v) is 7.06. The predicted octanol–water partition coefficient (Wildman–Crippen LogP) is 0.867. The number of ether oxygens (including phenoxy) is 2. The Morgan fingerprint density at radius 2 is 1.82 bits per heavy atom. The molecule has 4 nitrogen and oxygen atoms in total. The van der Waals surface area contributed by atoms with E-state index in [9.17, 15) is 0 Å². The van der Waals surface area contributed by atoms with E-state index >= 15 is 0 Å². The molecule has 0 aromatic heterocycles. The summed E-state index contributed by atoms with van der Waals surface area (Å²) in [5.41, 5.74) is 0. The van der Waals surface area contributed by atoms with Gasteiger partial charge in [-0.15, -0.1) is 0 Å². The molecule has 4 heteroatoms. The topological polar surface area (TPSA) is 33.7 Å². The molecule has 17 heavy (non-hydrogen) atoms. The third-order valence-electron chi connectivity index (χ3n) is 3.64. The quantitative estimate of drug-likeness (QED) is 0.725. The maximum absolute atomic E-state index is 5.46. The first-order valence-electron chi connectivity index (χ1n) is 7.06. The first kappa shape index (κ1) is 13.3. The minimum absolute atomic E-state index is 0.683. The van der Waals surface area contributed by atoms with Crippen molar-refractivity contribution in [2.75, 3.05) is 52.6 Å². The standard InChI is InChI=1S/C13H26N2O2/c1-3-13(4-10-16-9-1)14-5-2-6-15-7-11-17-12-8-15/h13-14H,1-12H2. The zero-order valence-corrected chi connectivity index (χ0v) is 10.8. The lowest BCUT2D eigenvalue weighted by Crippen LogP contribution is -2.38. The third kappa shape index (κ3) is 5.34. The van der Waals surface area contributed by atoms with Crippen molar-refractivity contribution in [3.05, 3.63) is 0 Å². The molecule has 2 aliphatic rings. The van der Waals surface area contributed by atoms with Gasteiger partial charge in [-0.25, -0.2) is 0 Å². The van der Waals surface area contributed by atoms with E-state index in [1.807, 2.05) is 0 Å². The molecule has 0 radical (unpaired) electrons. The van der Waals surface area contributed by atoms with Crippen LogP contribution in [0, 0.1) is 0 Å². The number of nitrogens with zero attached hydrogens (tertiary/aromatic N) is 1. The number of morpholine rings is 1. The molecular weight excluding hydrogens is 216 g/mol. The molecule has 2 aliphatic heterocycles. The van der Waals surface area contributed by atoms with Gasteiger partial charge in [-0.05, 0) is 38.8 Å². The van der Waals surface area contributed by atoms with Crippen LogP contribution in [0.2, 0.25) is 0 Å². The summed E-state index contributed by atoms with van der Waals surface area (Å²) in [7, 11) is 0. The summed E-state index contributed by atoms with van der Waals surface area (Å²) < 4.78 is 10.8. The maximum Gasteiger partial charge on any atom is 0.0594 e. The van der Waals surface area contributed by atoms with Gasteiger partial charge in [0.2, 0.25) is 0 Å². The van der Waals surface area contributed by atoms with Crippen molar-refractivity contribution in [2.45, 2.75) is 31.7 Å². The van der Waals surface area contributed by atoms with Gasteiger partial charge in [0.15, 0.2) is 0 Å². The van der Waals surface area contributed by atoms with Crippen molar-refractivity contribution >= 4 is 0 Å². The van der Waals surface area contributed by atoms with Crippen LogP contribution in [-0.2, 0) is 9.47 Å². The highest BCUT2D eigenvalue weighted by atomic mass is 16.5. The van der Waals surface area contributed by atoms with E-state index in [1.54, 1.807) is 0 Å². The largest absolute Gasteiger partial charge is 0.381 e. The van der Waals surface area contributed by atoms with Gasteiger partial charge in [0.05, 0.1) is 13.2 Å². The number of nitrogens with one attached hydrogen (secondary N) is 1. The van der Waals surface area contributed by atoms with Crippen LogP contribution in [-0.4, -0.2) is 63.5 Å². The molecule has 2 fully saturated rings. The van der Waals surface area contributed by atoms with Crippen molar-refractivity contribution in [2.24, 2.45) is 0 Å². The molecule has 1 atom stereocenters. The molecule has 0 spiro atoms. The lowest BCUT2D eigenvalue weighted by atomic mass is 10.1. The Morgan fingerprint density at radius 1 is 1.00 bits per heavy atom. The highest BCUT2D eigenvalue weighted by molar-refractivity contribution is 4.70. The van der Waals surface area contributed by atoms with Gasteiger partial charge in [0, 0.05) is 32.3 Å². The molecule has 2 saturated heterocycles. The fourth-order valence-corrected chi connectivity index (χ4v) is 2.54. The van der Waals surface area contributed by atoms with Gasteiger partial charge >= 0.3 is 0 Å². The monoisotopic (exact) mass is 242 g/mol. The minimum atomic E-state index is 0.683. The van der Waals surface area contributed by atoms with Crippen LogP contribution in [0.5, 0.6) is 0 Å². The Balaban J connectivity index is 1.49. The Bertz CT molecular complexity index is 188. The van der Waals surface area contributed by atoms with Gasteiger partial charge in [0.1, 0.15) is 0 Å². The van der Waals surface area contributed by atoms with Crippen LogP contribution in [0.3, 0.4) is 0 Å². The second kappa shape index (κ2) is 8.03. The van der Waals surface area contributed by atoms with Crippen molar-refractivity contribution in [1.29, 1.82) is 0 Å². The van der Waals surface area contributed by atoms with Crippen LogP contribution in [0.4, 0.5) is 0 Å². The molecule has 1 unspecified atom stereocenters. The molecule has 0 aromatic carbocycles. The molecule has 0 amide bonds. The van der Waals surface area contributed by atoms with Crippen LogP contribution >= 0.6 is 0 Å². The van der Waals surface area contributed by atoms with E-state index in [0.29, 0.717) is 6.04 Å². The Hall–Kier alpha value is -0.160. The smallest absolute Gasteiger partial charge is 0.0594 e. The molecule has 100 valence electrons. The number of hydrogen-bond donors (Lipinski definition) is 1. The first-order chi connectivity index (χ1) is 8.45. The Labute approximate surface area is 105 Å². The molecule has 0 saturated carbocycles. The molecular formula is C13H26N2O2. The summed E-state index contributed by atoms with van der Waals surface area (Å²) in [6.07, 6.45) is 4.91. The van der Waals surface area contributed by atoms with Crippen LogP contribution < -0.4 is 5.32 Å². The molecule has 1 N–H and O–H groups in total. The fourth-order valence-electron chi connectivity index (χ4n) is 2.54. The average molecular weight is 242 g/mol. The van der Waals surface area contributed by atoms with Crippen molar-refractivity contribution in [1.82, 2.24) is 10.2 Å². The van der Waals surface area contributed by atoms with Crippen molar-refractivity contribution in [3.63, 3.8) is 0 Å². The van der Waals surface area contributed by atoms with Crippen LogP contribution in [0.15, 0.2) is 0 Å². The van der Waals surface area contributed by atoms with Gasteiger partial charge in [-0.1, -0.05) is 0 Å². The van der Waals surface area contributed by atoms with Gasteiger partial charge in [-0.3, -0.25) is 4.90 Å². The summed E-state index contributed by atoms with van der Waals surface area (Å²) in [6.45, 7) is 8.27. The summed E-state index contributed by atoms with van der Waals surface area (Å²) in [5.74, 6) is 0. The van der Waals surface area contributed by atoms with E-state index in [1.165, 1.54) is 32.2 Å². The Morgan fingerprint density at radius 3 is 2.71 bits per heavy atom. The lowest BCUT2D eigenvalue weighted by Gasteiger charge is -2.26. The zero-order chi connectivity index (χ0) is 11.8. The van der Waals surface area contributed by atoms with E-state index in [-0.39, 0.29) is 0 Å². The second-order valence-electron chi connectivity index (χ2n) is 5.00. The fraction of sp³-hybridized carbons (Fsp3) is 1.00. The maximum atomic E-state index is 5.46. The number of rotatable bonds is 5. The van der Waals surface area contributed by atoms with Gasteiger partial charge in [0.25, 0.3) is 0 Å². The minimum Gasteiger partial charge on any atom is -0.381 e. The Kier molecular flexibility index (Phi) is 6.27. The predicted molar refractivity (Wildman–Crippen MR) is 68.3 cm³/mol. The summed E-state index contributed by atoms with van der Waals surface area (Å²) in [5, 5.41) is 3.66. The van der Waals surface area contributed by atoms with Crippen LogP contribution in [0.25, 0.3) is 0 Å². The van der Waals surface area contributed by atoms with Crippen LogP contribution in [0.1, 0.15) is 25.7 Å². The molecule has 2 rings (SSSR count). The van der Waals surface area contributed by atoms with E-state index in [0.717, 1.165) is 46.1 Å². The highest BCUT2D eigenvalue weighted by Crippen LogP contribution is 2.08. The molecule has 0 aliphatic carbocycles. The van der Waals surface area contributed by atoms with E-state index in [4.69, 9.17) is 9.47 Å². The van der Waals surface area contributed by atoms with E-state index < -0.39 is 0 Å². The second-order valence-corrected chi connectivity index (χ2v) is 5.00. The molecule has 2 heterocycles. The number of hydrogen-bond acceptors (Lipinski definition) is 4. The van der Waals surface area contributed by atoms with Crippen molar-refractivity contribution < 1.29 is 9.47 Å².